The van der Waals surface area contributed by atoms with Crippen LogP contribution in [0.3, 0.4) is 0 Å². The molecule has 0 aliphatic rings. The predicted molar refractivity (Wildman–Crippen MR) is 72.0 cm³/mol. The first kappa shape index (κ1) is 14.6. The van der Waals surface area contributed by atoms with Gasteiger partial charge in [0, 0.05) is 19.6 Å². The number of halogens is 1. The fraction of sp³-hybridized carbons (Fsp3) is 0.667. The van der Waals surface area contributed by atoms with Crippen LogP contribution in [0.2, 0.25) is 0 Å². The van der Waals surface area contributed by atoms with Crippen molar-refractivity contribution in [1.82, 2.24) is 14.9 Å². The summed E-state index contributed by atoms with van der Waals surface area (Å²) >= 11 is 0. The lowest BCUT2D eigenvalue weighted by atomic mass is 10.2. The van der Waals surface area contributed by atoms with Gasteiger partial charge in [-0.2, -0.15) is 4.98 Å². The zero-order valence-corrected chi connectivity index (χ0v) is 11.5. The molecule has 0 aromatic carbocycles. The van der Waals surface area contributed by atoms with Gasteiger partial charge in [-0.05, 0) is 20.0 Å². The second-order valence-electron chi connectivity index (χ2n) is 5.04. The van der Waals surface area contributed by atoms with Gasteiger partial charge in [0.05, 0.1) is 6.20 Å². The maximum Gasteiger partial charge on any atom is 0.222 e. The predicted octanol–water partition coefficient (Wildman–Crippen LogP) is 1.22. The average molecular weight is 255 g/mol. The van der Waals surface area contributed by atoms with Gasteiger partial charge < -0.3 is 15.5 Å². The summed E-state index contributed by atoms with van der Waals surface area (Å²) in [5.74, 6) is 0.384. The van der Waals surface area contributed by atoms with Gasteiger partial charge in [0.15, 0.2) is 11.6 Å². The van der Waals surface area contributed by atoms with Crippen LogP contribution in [0.5, 0.6) is 0 Å². The van der Waals surface area contributed by atoms with Crippen LogP contribution in [0.25, 0.3) is 0 Å². The molecule has 0 bridgehead atoms. The first-order valence-electron chi connectivity index (χ1n) is 6.08. The Hall–Kier alpha value is -1.43. The largest absolute Gasteiger partial charge is 0.368 e. The summed E-state index contributed by atoms with van der Waals surface area (Å²) in [7, 11) is 3.97. The van der Waals surface area contributed by atoms with Crippen molar-refractivity contribution in [2.24, 2.45) is 5.92 Å². The Labute approximate surface area is 108 Å². The van der Waals surface area contributed by atoms with Crippen molar-refractivity contribution in [2.45, 2.75) is 13.8 Å². The Morgan fingerprint density at radius 3 is 2.56 bits per heavy atom. The Bertz CT molecular complexity index is 381. The monoisotopic (exact) mass is 255 g/mol. The molecule has 0 atom stereocenters. The lowest BCUT2D eigenvalue weighted by Gasteiger charge is -2.27. The number of hydrogen-bond donors (Lipinski definition) is 1. The van der Waals surface area contributed by atoms with E-state index in [-0.39, 0.29) is 11.8 Å². The van der Waals surface area contributed by atoms with Crippen molar-refractivity contribution >= 4 is 11.8 Å². The molecule has 18 heavy (non-hydrogen) atoms. The molecule has 0 saturated carbocycles. The van der Waals surface area contributed by atoms with Gasteiger partial charge in [-0.3, -0.25) is 0 Å². The molecule has 1 aromatic heterocycles. The molecule has 1 rings (SSSR count). The van der Waals surface area contributed by atoms with Crippen molar-refractivity contribution in [3.8, 4) is 0 Å². The van der Waals surface area contributed by atoms with E-state index >= 15 is 0 Å². The number of rotatable bonds is 6. The fourth-order valence-electron chi connectivity index (χ4n) is 1.64. The third kappa shape index (κ3) is 4.44. The first-order valence-corrected chi connectivity index (χ1v) is 6.08. The van der Waals surface area contributed by atoms with Gasteiger partial charge in [0.1, 0.15) is 0 Å². The number of likely N-dealkylation sites (N-methyl/N-ethyl adjacent to an activating group) is 1. The Balaban J connectivity index is 2.89. The van der Waals surface area contributed by atoms with Crippen LogP contribution in [0.1, 0.15) is 13.8 Å². The molecule has 1 heterocycles. The van der Waals surface area contributed by atoms with Crippen molar-refractivity contribution in [2.75, 3.05) is 44.4 Å². The van der Waals surface area contributed by atoms with Crippen LogP contribution in [0.15, 0.2) is 6.20 Å². The summed E-state index contributed by atoms with van der Waals surface area (Å²) in [4.78, 5) is 11.6. The van der Waals surface area contributed by atoms with Crippen LogP contribution in [0, 0.1) is 11.7 Å². The summed E-state index contributed by atoms with van der Waals surface area (Å²) in [5.41, 5.74) is 5.53. The molecule has 0 saturated heterocycles. The van der Waals surface area contributed by atoms with Crippen molar-refractivity contribution < 1.29 is 4.39 Å². The highest BCUT2D eigenvalue weighted by Gasteiger charge is 2.15. The number of hydrogen-bond acceptors (Lipinski definition) is 5. The first-order chi connectivity index (χ1) is 8.40. The maximum atomic E-state index is 13.8. The molecule has 0 unspecified atom stereocenters. The Morgan fingerprint density at radius 2 is 2.00 bits per heavy atom. The van der Waals surface area contributed by atoms with E-state index in [9.17, 15) is 4.39 Å². The molecule has 2 N–H and O–H groups in total. The highest BCUT2D eigenvalue weighted by molar-refractivity contribution is 5.42. The molecular formula is C12H22FN5. The van der Waals surface area contributed by atoms with E-state index < -0.39 is 5.82 Å². The molecule has 6 heteroatoms. The Morgan fingerprint density at radius 1 is 1.33 bits per heavy atom. The van der Waals surface area contributed by atoms with Crippen LogP contribution < -0.4 is 10.6 Å². The Kier molecular flexibility index (Phi) is 5.27. The van der Waals surface area contributed by atoms with Crippen molar-refractivity contribution in [3.05, 3.63) is 12.0 Å². The third-order valence-corrected chi connectivity index (χ3v) is 2.45. The molecule has 0 aliphatic heterocycles. The van der Waals surface area contributed by atoms with E-state index in [4.69, 9.17) is 5.73 Å². The smallest absolute Gasteiger partial charge is 0.222 e. The van der Waals surface area contributed by atoms with E-state index in [0.29, 0.717) is 12.5 Å². The second-order valence-corrected chi connectivity index (χ2v) is 5.04. The van der Waals surface area contributed by atoms with E-state index in [0.717, 1.165) is 19.3 Å². The number of aromatic nitrogens is 2. The van der Waals surface area contributed by atoms with Gasteiger partial charge >= 0.3 is 0 Å². The van der Waals surface area contributed by atoms with Crippen LogP contribution in [-0.2, 0) is 0 Å². The highest BCUT2D eigenvalue weighted by atomic mass is 19.1. The molecule has 0 radical (unpaired) electrons. The summed E-state index contributed by atoms with van der Waals surface area (Å²) in [6, 6.07) is 0. The maximum absolute atomic E-state index is 13.8. The van der Waals surface area contributed by atoms with Gasteiger partial charge in [-0.1, -0.05) is 13.8 Å². The van der Waals surface area contributed by atoms with Crippen LogP contribution in [-0.4, -0.2) is 48.6 Å². The molecule has 1 aromatic rings. The number of nitrogens with two attached hydrogens (primary N) is 1. The highest BCUT2D eigenvalue weighted by Crippen LogP contribution is 2.17. The minimum Gasteiger partial charge on any atom is -0.368 e. The summed E-state index contributed by atoms with van der Waals surface area (Å²) in [6.07, 6.45) is 1.13. The average Bonchev–Trinajstić information content (AvgIpc) is 2.27. The standard InChI is InChI=1S/C12H22FN5/c1-9(2)8-18(6-5-17(3)4)11-10(13)7-15-12(14)16-11/h7,9H,5-6,8H2,1-4H3,(H2,14,15,16). The number of nitrogen functional groups attached to an aromatic ring is 1. The fourth-order valence-corrected chi connectivity index (χ4v) is 1.64. The summed E-state index contributed by atoms with van der Waals surface area (Å²) in [6.45, 7) is 6.45. The van der Waals surface area contributed by atoms with E-state index in [1.807, 2.05) is 19.0 Å². The minimum atomic E-state index is -0.427. The quantitative estimate of drug-likeness (QED) is 0.828. The zero-order valence-electron chi connectivity index (χ0n) is 11.5. The topological polar surface area (TPSA) is 58.3 Å². The summed E-state index contributed by atoms with van der Waals surface area (Å²) < 4.78 is 13.8. The van der Waals surface area contributed by atoms with Crippen molar-refractivity contribution in [1.29, 1.82) is 0 Å². The van der Waals surface area contributed by atoms with E-state index in [2.05, 4.69) is 28.7 Å². The lowest BCUT2D eigenvalue weighted by molar-refractivity contribution is 0.407. The molecule has 5 nitrogen and oxygen atoms in total. The van der Waals surface area contributed by atoms with Gasteiger partial charge in [-0.25, -0.2) is 9.37 Å². The molecule has 102 valence electrons. The van der Waals surface area contributed by atoms with Crippen LogP contribution in [0.4, 0.5) is 16.2 Å². The van der Waals surface area contributed by atoms with Gasteiger partial charge in [-0.15, -0.1) is 0 Å². The third-order valence-electron chi connectivity index (χ3n) is 2.45. The molecule has 0 aliphatic carbocycles. The van der Waals surface area contributed by atoms with Gasteiger partial charge in [0.2, 0.25) is 5.95 Å². The summed E-state index contributed by atoms with van der Waals surface area (Å²) in [5, 5.41) is 0. The number of nitrogens with zero attached hydrogens (tertiary/aromatic N) is 4. The molecule has 0 fully saturated rings. The molecule has 0 spiro atoms. The lowest BCUT2D eigenvalue weighted by Crippen LogP contribution is -2.35. The molecule has 0 amide bonds. The minimum absolute atomic E-state index is 0.102. The number of anilines is 2. The second kappa shape index (κ2) is 6.49. The van der Waals surface area contributed by atoms with E-state index in [1.165, 1.54) is 0 Å². The van der Waals surface area contributed by atoms with Gasteiger partial charge in [0.25, 0.3) is 0 Å². The van der Waals surface area contributed by atoms with Crippen molar-refractivity contribution in [3.63, 3.8) is 0 Å². The van der Waals surface area contributed by atoms with Crippen LogP contribution >= 0.6 is 0 Å². The zero-order chi connectivity index (χ0) is 13.7. The molecular weight excluding hydrogens is 233 g/mol. The SMILES string of the molecule is CC(C)CN(CCN(C)C)c1nc(N)ncc1F. The normalized spacial score (nSPS) is 11.3. The van der Waals surface area contributed by atoms with E-state index in [1.54, 1.807) is 0 Å².